The molecular formula is C27H38O4S. The van der Waals surface area contributed by atoms with E-state index in [1.165, 1.54) is 18.6 Å². The van der Waals surface area contributed by atoms with Crippen LogP contribution >= 0.6 is 11.8 Å². The van der Waals surface area contributed by atoms with Crippen LogP contribution in [0.5, 0.6) is 0 Å². The summed E-state index contributed by atoms with van der Waals surface area (Å²) in [6.07, 6.45) is 16.1. The van der Waals surface area contributed by atoms with Crippen LogP contribution in [-0.4, -0.2) is 49.5 Å². The van der Waals surface area contributed by atoms with Gasteiger partial charge in [0.1, 0.15) is 0 Å². The first-order chi connectivity index (χ1) is 15.6. The quantitative estimate of drug-likeness (QED) is 0.393. The zero-order chi connectivity index (χ0) is 21.9. The van der Waals surface area contributed by atoms with Gasteiger partial charge in [-0.25, -0.2) is 0 Å². The third kappa shape index (κ3) is 3.04. The van der Waals surface area contributed by atoms with Crippen molar-refractivity contribution >= 4 is 11.8 Å². The van der Waals surface area contributed by atoms with E-state index in [-0.39, 0.29) is 22.4 Å². The molecule has 2 aliphatic heterocycles. The third-order valence-electron chi connectivity index (χ3n) is 9.76. The number of thioether (sulfide) groups is 1. The van der Waals surface area contributed by atoms with E-state index in [0.717, 1.165) is 70.7 Å². The Bertz CT molecular complexity index is 822. The molecule has 2 saturated carbocycles. The lowest BCUT2D eigenvalue weighted by molar-refractivity contribution is -0.228. The molecule has 6 aliphatic rings. The lowest BCUT2D eigenvalue weighted by Gasteiger charge is -2.56. The van der Waals surface area contributed by atoms with Crippen molar-refractivity contribution in [2.75, 3.05) is 37.9 Å². The minimum Gasteiger partial charge on any atom is -0.347 e. The molecule has 0 unspecified atom stereocenters. The van der Waals surface area contributed by atoms with Crippen LogP contribution < -0.4 is 0 Å². The van der Waals surface area contributed by atoms with Gasteiger partial charge in [-0.3, -0.25) is 0 Å². The highest BCUT2D eigenvalue weighted by molar-refractivity contribution is 7.99. The molecule has 4 fully saturated rings. The van der Waals surface area contributed by atoms with Gasteiger partial charge in [0.15, 0.2) is 11.6 Å². The second-order valence-electron chi connectivity index (χ2n) is 10.9. The van der Waals surface area contributed by atoms with Crippen molar-refractivity contribution in [2.45, 2.75) is 69.9 Å². The van der Waals surface area contributed by atoms with Crippen LogP contribution in [0.1, 0.15) is 58.3 Å². The van der Waals surface area contributed by atoms with Gasteiger partial charge >= 0.3 is 0 Å². The van der Waals surface area contributed by atoms with Crippen molar-refractivity contribution in [1.82, 2.24) is 0 Å². The van der Waals surface area contributed by atoms with E-state index in [9.17, 15) is 0 Å². The molecule has 0 bridgehead atoms. The highest BCUT2D eigenvalue weighted by Gasteiger charge is 2.65. The first-order valence-corrected chi connectivity index (χ1v) is 13.9. The minimum absolute atomic E-state index is 0.0926. The molecule has 0 radical (unpaired) electrons. The molecule has 2 saturated heterocycles. The van der Waals surface area contributed by atoms with Crippen molar-refractivity contribution in [3.63, 3.8) is 0 Å². The SMILES string of the molecule is C=CCSCC[C@]12CCC3(CC1=CC[C@@H]1C2=CC[C@@]2(C)[C@H]1CCC21OCCO1)OCCO3. The summed E-state index contributed by atoms with van der Waals surface area (Å²) in [6, 6.07) is 0. The molecule has 4 aliphatic carbocycles. The standard InChI is InChI=1S/C27H38O4S/c1-3-17-32-18-12-25-10-11-26(28-13-14-29-26)19-20(25)4-5-21-22-7-9-27(30-15-16-31-27)24(22,2)8-6-23(21)25/h3-4,6,21-22H,1,5,7-19H2,2H3/t21-,22-,24-,25+/m0/s1. The van der Waals surface area contributed by atoms with E-state index in [0.29, 0.717) is 11.8 Å². The fraction of sp³-hybridized carbons (Fsp3) is 0.778. The van der Waals surface area contributed by atoms with Crippen LogP contribution in [0.25, 0.3) is 0 Å². The summed E-state index contributed by atoms with van der Waals surface area (Å²) in [7, 11) is 0. The molecule has 176 valence electrons. The number of allylic oxidation sites excluding steroid dienone is 3. The Morgan fingerprint density at radius 1 is 1.06 bits per heavy atom. The van der Waals surface area contributed by atoms with Crippen LogP contribution in [0.15, 0.2) is 36.0 Å². The highest BCUT2D eigenvalue weighted by atomic mass is 32.2. The monoisotopic (exact) mass is 458 g/mol. The van der Waals surface area contributed by atoms with Crippen molar-refractivity contribution in [1.29, 1.82) is 0 Å². The number of fused-ring (bicyclic) bond motifs is 6. The maximum Gasteiger partial charge on any atom is 0.174 e. The number of ether oxygens (including phenoxy) is 4. The maximum atomic E-state index is 6.33. The maximum absolute atomic E-state index is 6.33. The number of hydrogen-bond donors (Lipinski definition) is 0. The van der Waals surface area contributed by atoms with Gasteiger partial charge in [0.05, 0.1) is 26.4 Å². The van der Waals surface area contributed by atoms with Crippen LogP contribution in [0, 0.1) is 22.7 Å². The molecule has 4 nitrogen and oxygen atoms in total. The first-order valence-electron chi connectivity index (χ1n) is 12.7. The Morgan fingerprint density at radius 3 is 2.62 bits per heavy atom. The first kappa shape index (κ1) is 21.9. The summed E-state index contributed by atoms with van der Waals surface area (Å²) in [4.78, 5) is 0. The zero-order valence-corrected chi connectivity index (χ0v) is 20.4. The second kappa shape index (κ2) is 7.98. The van der Waals surface area contributed by atoms with Gasteiger partial charge in [-0.1, -0.05) is 36.3 Å². The summed E-state index contributed by atoms with van der Waals surface area (Å²) in [5.41, 5.74) is 3.61. The zero-order valence-electron chi connectivity index (χ0n) is 19.5. The van der Waals surface area contributed by atoms with E-state index < -0.39 is 0 Å². The molecule has 6 rings (SSSR count). The van der Waals surface area contributed by atoms with Crippen molar-refractivity contribution in [3.05, 3.63) is 36.0 Å². The van der Waals surface area contributed by atoms with Gasteiger partial charge < -0.3 is 18.9 Å². The lowest BCUT2D eigenvalue weighted by Crippen LogP contribution is -2.52. The molecule has 0 amide bonds. The van der Waals surface area contributed by atoms with Crippen LogP contribution in [0.2, 0.25) is 0 Å². The van der Waals surface area contributed by atoms with Gasteiger partial charge in [0.2, 0.25) is 0 Å². The van der Waals surface area contributed by atoms with Crippen LogP contribution in [0.3, 0.4) is 0 Å². The Hall–Kier alpha value is -0.590. The topological polar surface area (TPSA) is 36.9 Å². The van der Waals surface area contributed by atoms with E-state index in [1.807, 2.05) is 17.8 Å². The molecular weight excluding hydrogens is 420 g/mol. The van der Waals surface area contributed by atoms with E-state index in [4.69, 9.17) is 18.9 Å². The predicted molar refractivity (Wildman–Crippen MR) is 127 cm³/mol. The molecule has 0 aromatic carbocycles. The third-order valence-corrected chi connectivity index (χ3v) is 10.7. The second-order valence-corrected chi connectivity index (χ2v) is 12.1. The van der Waals surface area contributed by atoms with Crippen molar-refractivity contribution in [2.24, 2.45) is 22.7 Å². The Kier molecular flexibility index (Phi) is 5.46. The summed E-state index contributed by atoms with van der Waals surface area (Å²) in [6.45, 7) is 9.35. The summed E-state index contributed by atoms with van der Waals surface area (Å²) >= 11 is 2.02. The Balaban J connectivity index is 1.34. The summed E-state index contributed by atoms with van der Waals surface area (Å²) < 4.78 is 25.0. The average molecular weight is 459 g/mol. The van der Waals surface area contributed by atoms with Gasteiger partial charge in [0.25, 0.3) is 0 Å². The number of rotatable bonds is 5. The Morgan fingerprint density at radius 2 is 1.84 bits per heavy atom. The molecule has 5 heteroatoms. The lowest BCUT2D eigenvalue weighted by atomic mass is 9.50. The molecule has 2 heterocycles. The molecule has 0 N–H and O–H groups in total. The number of hydrogen-bond acceptors (Lipinski definition) is 5. The largest absolute Gasteiger partial charge is 0.347 e. The van der Waals surface area contributed by atoms with Gasteiger partial charge in [-0.15, -0.1) is 6.58 Å². The minimum atomic E-state index is -0.358. The summed E-state index contributed by atoms with van der Waals surface area (Å²) in [5, 5.41) is 0. The van der Waals surface area contributed by atoms with E-state index in [1.54, 1.807) is 11.1 Å². The molecule has 0 aromatic heterocycles. The molecule has 32 heavy (non-hydrogen) atoms. The fourth-order valence-corrected chi connectivity index (χ4v) is 9.04. The van der Waals surface area contributed by atoms with Crippen LogP contribution in [0.4, 0.5) is 0 Å². The van der Waals surface area contributed by atoms with Gasteiger partial charge in [-0.05, 0) is 49.7 Å². The molecule has 0 aromatic rings. The highest BCUT2D eigenvalue weighted by Crippen LogP contribution is 2.68. The normalized spacial score (nSPS) is 41.2. The predicted octanol–water partition coefficient (Wildman–Crippen LogP) is 5.64. The fourth-order valence-electron chi connectivity index (χ4n) is 8.21. The van der Waals surface area contributed by atoms with Gasteiger partial charge in [-0.2, -0.15) is 11.8 Å². The van der Waals surface area contributed by atoms with Crippen molar-refractivity contribution in [3.8, 4) is 0 Å². The van der Waals surface area contributed by atoms with E-state index >= 15 is 0 Å². The average Bonchev–Trinajstić information content (AvgIpc) is 3.53. The van der Waals surface area contributed by atoms with Gasteiger partial charge in [0, 0.05) is 35.8 Å². The summed E-state index contributed by atoms with van der Waals surface area (Å²) in [5.74, 6) is 2.77. The van der Waals surface area contributed by atoms with E-state index in [2.05, 4.69) is 25.7 Å². The Labute approximate surface area is 197 Å². The smallest absolute Gasteiger partial charge is 0.174 e. The molecule has 4 atom stereocenters. The van der Waals surface area contributed by atoms with Crippen LogP contribution in [-0.2, 0) is 18.9 Å². The van der Waals surface area contributed by atoms with Crippen molar-refractivity contribution < 1.29 is 18.9 Å². The molecule has 2 spiro atoms.